The summed E-state index contributed by atoms with van der Waals surface area (Å²) in [7, 11) is 2.21. The molecule has 1 aliphatic rings. The molecular weight excluding hydrogens is 222 g/mol. The fraction of sp³-hybridized carbons (Fsp3) is 0.800. The van der Waals surface area contributed by atoms with Crippen LogP contribution in [0.1, 0.15) is 47.5 Å². The Morgan fingerprint density at radius 2 is 2.11 bits per heavy atom. The molecule has 0 N–H and O–H groups in total. The van der Waals surface area contributed by atoms with E-state index in [1.807, 2.05) is 0 Å². The molecule has 1 heterocycles. The number of hydrazone groups is 1. The number of rotatable bonds is 4. The summed E-state index contributed by atoms with van der Waals surface area (Å²) in [6.07, 6.45) is 4.45. The van der Waals surface area contributed by atoms with Gasteiger partial charge >= 0.3 is 0 Å². The predicted octanol–water partition coefficient (Wildman–Crippen LogP) is 3.34. The van der Waals surface area contributed by atoms with E-state index in [1.165, 1.54) is 5.57 Å². The zero-order chi connectivity index (χ0) is 13.9. The molecule has 0 radical (unpaired) electrons. The first-order valence-corrected chi connectivity index (χ1v) is 6.92. The van der Waals surface area contributed by atoms with Crippen LogP contribution in [-0.2, 0) is 0 Å². The molecule has 104 valence electrons. The summed E-state index contributed by atoms with van der Waals surface area (Å²) in [5.74, 6) is 0.563. The molecule has 18 heavy (non-hydrogen) atoms. The van der Waals surface area contributed by atoms with Gasteiger partial charge in [-0.3, -0.25) is 5.01 Å². The second kappa shape index (κ2) is 5.87. The highest BCUT2D eigenvalue weighted by molar-refractivity contribution is 5.23. The van der Waals surface area contributed by atoms with Crippen LogP contribution in [0.3, 0.4) is 0 Å². The lowest BCUT2D eigenvalue weighted by Gasteiger charge is -2.45. The molecule has 1 rings (SSSR count). The first-order valence-electron chi connectivity index (χ1n) is 6.92. The van der Waals surface area contributed by atoms with Crippen LogP contribution in [0.5, 0.6) is 0 Å². The molecule has 1 fully saturated rings. The van der Waals surface area contributed by atoms with Crippen molar-refractivity contribution >= 4 is 6.72 Å². The molecule has 0 aromatic rings. The fourth-order valence-electron chi connectivity index (χ4n) is 2.33. The smallest absolute Gasteiger partial charge is 0.0548 e. The van der Waals surface area contributed by atoms with Crippen molar-refractivity contribution in [3.63, 3.8) is 0 Å². The zero-order valence-corrected chi connectivity index (χ0v) is 12.9. The summed E-state index contributed by atoms with van der Waals surface area (Å²) in [5, 5.41) is 6.29. The number of piperidine rings is 1. The van der Waals surface area contributed by atoms with Crippen LogP contribution in [0.2, 0.25) is 0 Å². The van der Waals surface area contributed by atoms with Crippen LogP contribution < -0.4 is 0 Å². The molecule has 0 amide bonds. The molecule has 1 atom stereocenters. The van der Waals surface area contributed by atoms with Crippen LogP contribution >= 0.6 is 0 Å². The topological polar surface area (TPSA) is 18.8 Å². The molecular formula is C15H29N3. The predicted molar refractivity (Wildman–Crippen MR) is 79.7 cm³/mol. The van der Waals surface area contributed by atoms with Crippen LogP contribution in [0.15, 0.2) is 16.9 Å². The van der Waals surface area contributed by atoms with Gasteiger partial charge in [0.15, 0.2) is 0 Å². The number of hydrogen-bond donors (Lipinski definition) is 0. The van der Waals surface area contributed by atoms with Gasteiger partial charge in [0.05, 0.1) is 6.04 Å². The minimum Gasteiger partial charge on any atom is -0.301 e. The van der Waals surface area contributed by atoms with Gasteiger partial charge in [0.2, 0.25) is 0 Å². The van der Waals surface area contributed by atoms with Crippen molar-refractivity contribution in [1.29, 1.82) is 0 Å². The summed E-state index contributed by atoms with van der Waals surface area (Å²) in [5.41, 5.74) is 1.60. The normalized spacial score (nSPS) is 25.3. The number of allylic oxidation sites excluding steroid dienone is 1. The van der Waals surface area contributed by atoms with Crippen LogP contribution in [-0.4, -0.2) is 41.8 Å². The average molecular weight is 251 g/mol. The van der Waals surface area contributed by atoms with Gasteiger partial charge in [0.25, 0.3) is 0 Å². The molecule has 3 heteroatoms. The van der Waals surface area contributed by atoms with Crippen molar-refractivity contribution in [2.75, 3.05) is 13.6 Å². The minimum absolute atomic E-state index is 0.242. The minimum atomic E-state index is 0.242. The number of nitrogens with zero attached hydrogens (tertiary/aromatic N) is 3. The molecule has 0 aromatic carbocycles. The van der Waals surface area contributed by atoms with E-state index in [-0.39, 0.29) is 5.54 Å². The van der Waals surface area contributed by atoms with E-state index < -0.39 is 0 Å². The standard InChI is InChI=1S/C15H29N3/c1-12(2)13(3)11-18(16-6)14-8-9-17(7)15(4,5)10-14/h11-12,14H,6,8-10H2,1-5,7H3/b13-11+. The van der Waals surface area contributed by atoms with E-state index in [1.54, 1.807) is 0 Å². The molecule has 3 nitrogen and oxygen atoms in total. The summed E-state index contributed by atoms with van der Waals surface area (Å²) >= 11 is 0. The molecule has 0 aliphatic carbocycles. The molecule has 1 aliphatic heterocycles. The van der Waals surface area contributed by atoms with E-state index in [9.17, 15) is 0 Å². The van der Waals surface area contributed by atoms with Gasteiger partial charge in [-0.15, -0.1) is 0 Å². The lowest BCUT2D eigenvalue weighted by molar-refractivity contribution is 0.0533. The van der Waals surface area contributed by atoms with E-state index >= 15 is 0 Å². The summed E-state index contributed by atoms with van der Waals surface area (Å²) in [6, 6.07) is 0.474. The largest absolute Gasteiger partial charge is 0.301 e. The van der Waals surface area contributed by atoms with Crippen molar-refractivity contribution in [1.82, 2.24) is 9.91 Å². The van der Waals surface area contributed by atoms with E-state index in [2.05, 4.69) is 69.6 Å². The van der Waals surface area contributed by atoms with E-state index in [0.717, 1.165) is 19.4 Å². The fourth-order valence-corrected chi connectivity index (χ4v) is 2.33. The Morgan fingerprint density at radius 1 is 1.50 bits per heavy atom. The molecule has 0 spiro atoms. The SMILES string of the molecule is C=NN(/C=C(\C)C(C)C)C1CCN(C)C(C)(C)C1. The number of hydrogen-bond acceptors (Lipinski definition) is 3. The van der Waals surface area contributed by atoms with Gasteiger partial charge in [0, 0.05) is 25.0 Å². The first kappa shape index (κ1) is 15.2. The Hall–Kier alpha value is -0.830. The highest BCUT2D eigenvalue weighted by atomic mass is 15.5. The van der Waals surface area contributed by atoms with Gasteiger partial charge in [-0.25, -0.2) is 0 Å². The maximum atomic E-state index is 4.21. The number of likely N-dealkylation sites (tertiary alicyclic amines) is 1. The molecule has 0 saturated carbocycles. The summed E-state index contributed by atoms with van der Waals surface area (Å²) < 4.78 is 0. The third kappa shape index (κ3) is 3.58. The van der Waals surface area contributed by atoms with Crippen molar-refractivity contribution < 1.29 is 0 Å². The van der Waals surface area contributed by atoms with E-state index in [4.69, 9.17) is 0 Å². The second-order valence-electron chi connectivity index (χ2n) is 6.43. The van der Waals surface area contributed by atoms with Crippen molar-refractivity contribution in [2.24, 2.45) is 11.0 Å². The third-order valence-corrected chi connectivity index (χ3v) is 4.35. The Labute approximate surface area is 113 Å². The zero-order valence-electron chi connectivity index (χ0n) is 12.9. The van der Waals surface area contributed by atoms with Crippen molar-refractivity contribution in [2.45, 2.75) is 59.0 Å². The van der Waals surface area contributed by atoms with Gasteiger partial charge in [0.1, 0.15) is 0 Å². The maximum absolute atomic E-state index is 4.21. The summed E-state index contributed by atoms with van der Waals surface area (Å²) in [6.45, 7) is 16.1. The van der Waals surface area contributed by atoms with Crippen molar-refractivity contribution in [3.05, 3.63) is 11.8 Å². The maximum Gasteiger partial charge on any atom is 0.0548 e. The van der Waals surface area contributed by atoms with Gasteiger partial charge < -0.3 is 4.90 Å². The van der Waals surface area contributed by atoms with Crippen LogP contribution in [0, 0.1) is 5.92 Å². The Bertz CT molecular complexity index is 318. The molecule has 0 aromatic heterocycles. The van der Waals surface area contributed by atoms with Gasteiger partial charge in [-0.2, -0.15) is 5.10 Å². The first-order chi connectivity index (χ1) is 8.27. The van der Waals surface area contributed by atoms with E-state index in [0.29, 0.717) is 12.0 Å². The second-order valence-corrected chi connectivity index (χ2v) is 6.43. The van der Waals surface area contributed by atoms with Gasteiger partial charge in [-0.05, 0) is 46.6 Å². The third-order valence-electron chi connectivity index (χ3n) is 4.35. The quantitative estimate of drug-likeness (QED) is 0.564. The lowest BCUT2D eigenvalue weighted by Crippen LogP contribution is -2.52. The van der Waals surface area contributed by atoms with Crippen LogP contribution in [0.4, 0.5) is 0 Å². The molecule has 0 bridgehead atoms. The average Bonchev–Trinajstić information content (AvgIpc) is 2.29. The lowest BCUT2D eigenvalue weighted by atomic mass is 9.87. The Kier molecular flexibility index (Phi) is 4.97. The monoisotopic (exact) mass is 251 g/mol. The van der Waals surface area contributed by atoms with Crippen molar-refractivity contribution in [3.8, 4) is 0 Å². The highest BCUT2D eigenvalue weighted by Gasteiger charge is 2.34. The molecule has 1 saturated heterocycles. The Balaban J connectivity index is 2.79. The van der Waals surface area contributed by atoms with Crippen LogP contribution in [0.25, 0.3) is 0 Å². The molecule has 1 unspecified atom stereocenters. The summed E-state index contributed by atoms with van der Waals surface area (Å²) in [4.78, 5) is 2.43. The Morgan fingerprint density at radius 3 is 2.56 bits per heavy atom. The highest BCUT2D eigenvalue weighted by Crippen LogP contribution is 2.29. The van der Waals surface area contributed by atoms with Gasteiger partial charge in [-0.1, -0.05) is 19.4 Å².